The number of nitrogens with zero attached hydrogens (tertiary/aromatic N) is 1. The summed E-state index contributed by atoms with van der Waals surface area (Å²) in [5, 5.41) is 2.59. The fourth-order valence-corrected chi connectivity index (χ4v) is 1.67. The van der Waals surface area contributed by atoms with E-state index in [0.717, 1.165) is 10.8 Å². The average molecular weight is 208 g/mol. The SMILES string of the molecule is COc1ncc(Cl)c2ccc(C)cc12. The molecule has 0 N–H and O–H groups in total. The molecule has 14 heavy (non-hydrogen) atoms. The Morgan fingerprint density at radius 1 is 1.29 bits per heavy atom. The van der Waals surface area contributed by atoms with Crippen LogP contribution in [0.15, 0.2) is 24.4 Å². The quantitative estimate of drug-likeness (QED) is 0.717. The third-order valence-electron chi connectivity index (χ3n) is 2.15. The van der Waals surface area contributed by atoms with Crippen molar-refractivity contribution in [2.45, 2.75) is 6.92 Å². The lowest BCUT2D eigenvalue weighted by molar-refractivity contribution is 0.403. The van der Waals surface area contributed by atoms with E-state index in [-0.39, 0.29) is 0 Å². The highest BCUT2D eigenvalue weighted by molar-refractivity contribution is 6.35. The molecule has 2 aromatic rings. The van der Waals surface area contributed by atoms with E-state index < -0.39 is 0 Å². The maximum atomic E-state index is 6.02. The van der Waals surface area contributed by atoms with Gasteiger partial charge in [0.05, 0.1) is 18.3 Å². The molecule has 1 heterocycles. The molecule has 0 aliphatic heterocycles. The fourth-order valence-electron chi connectivity index (χ4n) is 1.46. The monoisotopic (exact) mass is 207 g/mol. The highest BCUT2D eigenvalue weighted by atomic mass is 35.5. The van der Waals surface area contributed by atoms with Crippen molar-refractivity contribution in [2.75, 3.05) is 7.11 Å². The van der Waals surface area contributed by atoms with Crippen molar-refractivity contribution in [3.05, 3.63) is 35.0 Å². The Bertz CT molecular complexity index is 482. The van der Waals surface area contributed by atoms with Gasteiger partial charge in [-0.25, -0.2) is 4.98 Å². The zero-order valence-corrected chi connectivity index (χ0v) is 8.80. The van der Waals surface area contributed by atoms with Crippen molar-refractivity contribution in [3.63, 3.8) is 0 Å². The first-order valence-electron chi connectivity index (χ1n) is 4.31. The Balaban J connectivity index is 2.85. The molecule has 0 unspecified atom stereocenters. The molecule has 0 spiro atoms. The molecule has 1 aromatic carbocycles. The summed E-state index contributed by atoms with van der Waals surface area (Å²) in [5.41, 5.74) is 1.17. The number of benzene rings is 1. The predicted molar refractivity (Wildman–Crippen MR) is 58.0 cm³/mol. The molecule has 0 fully saturated rings. The van der Waals surface area contributed by atoms with Crippen LogP contribution in [0.2, 0.25) is 5.02 Å². The Kier molecular flexibility index (Phi) is 2.30. The molecule has 0 bridgehead atoms. The Morgan fingerprint density at radius 3 is 2.79 bits per heavy atom. The van der Waals surface area contributed by atoms with E-state index in [4.69, 9.17) is 16.3 Å². The summed E-state index contributed by atoms with van der Waals surface area (Å²) in [6, 6.07) is 6.03. The molecule has 72 valence electrons. The molecule has 1 aromatic heterocycles. The van der Waals surface area contributed by atoms with Gasteiger partial charge in [-0.15, -0.1) is 0 Å². The number of aryl methyl sites for hydroxylation is 1. The summed E-state index contributed by atoms with van der Waals surface area (Å²) in [6.07, 6.45) is 1.61. The van der Waals surface area contributed by atoms with Crippen molar-refractivity contribution >= 4 is 22.4 Å². The number of hydrogen-bond acceptors (Lipinski definition) is 2. The lowest BCUT2D eigenvalue weighted by Crippen LogP contribution is -1.89. The molecule has 0 radical (unpaired) electrons. The first-order chi connectivity index (χ1) is 6.72. The molecule has 0 aliphatic rings. The highest BCUT2D eigenvalue weighted by Gasteiger charge is 2.05. The normalized spacial score (nSPS) is 10.5. The van der Waals surface area contributed by atoms with Crippen molar-refractivity contribution in [3.8, 4) is 5.88 Å². The number of ether oxygens (including phenoxy) is 1. The van der Waals surface area contributed by atoms with Crippen molar-refractivity contribution in [2.24, 2.45) is 0 Å². The maximum Gasteiger partial charge on any atom is 0.221 e. The lowest BCUT2D eigenvalue weighted by atomic mass is 10.1. The third kappa shape index (κ3) is 1.42. The van der Waals surface area contributed by atoms with E-state index in [1.165, 1.54) is 5.56 Å². The zero-order valence-electron chi connectivity index (χ0n) is 8.04. The largest absolute Gasteiger partial charge is 0.481 e. The lowest BCUT2D eigenvalue weighted by Gasteiger charge is -2.06. The zero-order chi connectivity index (χ0) is 10.1. The topological polar surface area (TPSA) is 22.1 Å². The van der Waals surface area contributed by atoms with Gasteiger partial charge in [-0.1, -0.05) is 29.3 Å². The highest BCUT2D eigenvalue weighted by Crippen LogP contribution is 2.29. The minimum atomic E-state index is 0.619. The molecule has 2 nitrogen and oxygen atoms in total. The summed E-state index contributed by atoms with van der Waals surface area (Å²) < 4.78 is 5.17. The van der Waals surface area contributed by atoms with Gasteiger partial charge in [-0.3, -0.25) is 0 Å². The summed E-state index contributed by atoms with van der Waals surface area (Å²) in [7, 11) is 1.61. The molecule has 0 amide bonds. The van der Waals surface area contributed by atoms with Gasteiger partial charge >= 0.3 is 0 Å². The third-order valence-corrected chi connectivity index (χ3v) is 2.45. The van der Waals surface area contributed by atoms with E-state index in [9.17, 15) is 0 Å². The Hall–Kier alpha value is -1.28. The average Bonchev–Trinajstić information content (AvgIpc) is 2.18. The van der Waals surface area contributed by atoms with Crippen LogP contribution in [0.3, 0.4) is 0 Å². The fraction of sp³-hybridized carbons (Fsp3) is 0.182. The van der Waals surface area contributed by atoms with Crippen LogP contribution < -0.4 is 4.74 Å². The van der Waals surface area contributed by atoms with Gasteiger partial charge in [-0.05, 0) is 13.0 Å². The first kappa shape index (κ1) is 9.28. The van der Waals surface area contributed by atoms with Crippen LogP contribution in [-0.4, -0.2) is 12.1 Å². The van der Waals surface area contributed by atoms with Crippen molar-refractivity contribution in [1.82, 2.24) is 4.98 Å². The number of pyridine rings is 1. The van der Waals surface area contributed by atoms with Gasteiger partial charge in [0.25, 0.3) is 0 Å². The van der Waals surface area contributed by atoms with Crippen LogP contribution in [0.4, 0.5) is 0 Å². The van der Waals surface area contributed by atoms with Gasteiger partial charge in [0, 0.05) is 10.8 Å². The molecule has 0 saturated heterocycles. The van der Waals surface area contributed by atoms with Gasteiger partial charge < -0.3 is 4.74 Å². The standard InChI is InChI=1S/C11H10ClNO/c1-7-3-4-8-9(5-7)11(14-2)13-6-10(8)12/h3-6H,1-2H3. The van der Waals surface area contributed by atoms with Crippen molar-refractivity contribution < 1.29 is 4.74 Å². The van der Waals surface area contributed by atoms with E-state index in [1.807, 2.05) is 25.1 Å². The first-order valence-corrected chi connectivity index (χ1v) is 4.69. The molecule has 0 saturated carbocycles. The molecule has 3 heteroatoms. The minimum absolute atomic E-state index is 0.619. The van der Waals surface area contributed by atoms with Gasteiger partial charge in [0.1, 0.15) is 0 Å². The van der Waals surface area contributed by atoms with Crippen LogP contribution in [-0.2, 0) is 0 Å². The van der Waals surface area contributed by atoms with E-state index in [0.29, 0.717) is 10.9 Å². The second kappa shape index (κ2) is 3.46. The minimum Gasteiger partial charge on any atom is -0.481 e. The second-order valence-electron chi connectivity index (χ2n) is 3.16. The van der Waals surface area contributed by atoms with Crippen molar-refractivity contribution in [1.29, 1.82) is 0 Å². The number of rotatable bonds is 1. The van der Waals surface area contributed by atoms with E-state index in [2.05, 4.69) is 4.98 Å². The Morgan fingerprint density at radius 2 is 2.07 bits per heavy atom. The number of methoxy groups -OCH3 is 1. The second-order valence-corrected chi connectivity index (χ2v) is 3.57. The summed E-state index contributed by atoms with van der Waals surface area (Å²) in [5.74, 6) is 0.619. The number of aromatic nitrogens is 1. The molecule has 0 aliphatic carbocycles. The van der Waals surface area contributed by atoms with Gasteiger partial charge in [0.2, 0.25) is 5.88 Å². The molecule has 2 rings (SSSR count). The van der Waals surface area contributed by atoms with Crippen LogP contribution in [0.5, 0.6) is 5.88 Å². The van der Waals surface area contributed by atoms with E-state index in [1.54, 1.807) is 13.3 Å². The molecular weight excluding hydrogens is 198 g/mol. The summed E-state index contributed by atoms with van der Waals surface area (Å²) in [4.78, 5) is 4.11. The number of fused-ring (bicyclic) bond motifs is 1. The smallest absolute Gasteiger partial charge is 0.221 e. The molecular formula is C11H10ClNO. The van der Waals surface area contributed by atoms with Crippen LogP contribution >= 0.6 is 11.6 Å². The van der Waals surface area contributed by atoms with Crippen LogP contribution in [0, 0.1) is 6.92 Å². The van der Waals surface area contributed by atoms with Gasteiger partial charge in [0.15, 0.2) is 0 Å². The van der Waals surface area contributed by atoms with Gasteiger partial charge in [-0.2, -0.15) is 0 Å². The summed E-state index contributed by atoms with van der Waals surface area (Å²) >= 11 is 6.02. The summed E-state index contributed by atoms with van der Waals surface area (Å²) in [6.45, 7) is 2.03. The van der Waals surface area contributed by atoms with Crippen LogP contribution in [0.1, 0.15) is 5.56 Å². The van der Waals surface area contributed by atoms with Crippen LogP contribution in [0.25, 0.3) is 10.8 Å². The number of halogens is 1. The molecule has 0 atom stereocenters. The Labute approximate surface area is 87.5 Å². The van der Waals surface area contributed by atoms with E-state index >= 15 is 0 Å². The number of hydrogen-bond donors (Lipinski definition) is 0. The maximum absolute atomic E-state index is 6.02. The predicted octanol–water partition coefficient (Wildman–Crippen LogP) is 3.21.